The molecule has 2 unspecified atom stereocenters. The van der Waals surface area contributed by atoms with Crippen molar-refractivity contribution in [3.63, 3.8) is 0 Å². The minimum Gasteiger partial charge on any atom is -0.497 e. The monoisotopic (exact) mass is 310 g/mol. The second-order valence-corrected chi connectivity index (χ2v) is 5.69. The van der Waals surface area contributed by atoms with Gasteiger partial charge in [-0.15, -0.1) is 0 Å². The van der Waals surface area contributed by atoms with Crippen molar-refractivity contribution in [1.82, 2.24) is 0 Å². The fourth-order valence-electron chi connectivity index (χ4n) is 2.79. The zero-order chi connectivity index (χ0) is 16.7. The summed E-state index contributed by atoms with van der Waals surface area (Å²) in [6.07, 6.45) is 3.67. The van der Waals surface area contributed by atoms with E-state index in [-0.39, 0.29) is 5.92 Å². The largest absolute Gasteiger partial charge is 0.497 e. The molecular formula is C21H26O2. The van der Waals surface area contributed by atoms with Crippen molar-refractivity contribution in [1.29, 1.82) is 0 Å². The molecular weight excluding hydrogens is 284 g/mol. The van der Waals surface area contributed by atoms with Crippen LogP contribution in [0.3, 0.4) is 0 Å². The number of aliphatic hydroxyl groups excluding tert-OH is 1. The third kappa shape index (κ3) is 4.46. The number of ether oxygens (including phenoxy) is 1. The standard InChI is InChI=1S/C21H26O2/c1-4-16(5-2)15-20(17-9-7-6-8-10-17)21(22)18-11-13-19(23-3)14-12-18/h6-15,20-22H,4-5H2,1-3H3. The molecule has 2 atom stereocenters. The van der Waals surface area contributed by atoms with E-state index in [1.54, 1.807) is 7.11 Å². The van der Waals surface area contributed by atoms with Gasteiger partial charge in [0, 0.05) is 5.92 Å². The molecule has 2 aromatic carbocycles. The van der Waals surface area contributed by atoms with E-state index in [1.165, 1.54) is 5.57 Å². The van der Waals surface area contributed by atoms with Gasteiger partial charge in [-0.1, -0.05) is 68.0 Å². The molecule has 0 aliphatic carbocycles. The number of aliphatic hydroxyl groups is 1. The Kier molecular flexibility index (Phi) is 6.42. The van der Waals surface area contributed by atoms with Gasteiger partial charge in [-0.3, -0.25) is 0 Å². The fourth-order valence-corrected chi connectivity index (χ4v) is 2.79. The van der Waals surface area contributed by atoms with E-state index in [2.05, 4.69) is 32.1 Å². The Morgan fingerprint density at radius 1 is 0.957 bits per heavy atom. The molecule has 0 aromatic heterocycles. The molecule has 0 spiro atoms. The first-order valence-electron chi connectivity index (χ1n) is 8.26. The van der Waals surface area contributed by atoms with Crippen molar-refractivity contribution >= 4 is 0 Å². The average Bonchev–Trinajstić information content (AvgIpc) is 2.63. The Bertz CT molecular complexity index is 608. The van der Waals surface area contributed by atoms with Crippen LogP contribution >= 0.6 is 0 Å². The van der Waals surface area contributed by atoms with Crippen LogP contribution in [-0.4, -0.2) is 12.2 Å². The van der Waals surface area contributed by atoms with Crippen LogP contribution in [0.2, 0.25) is 0 Å². The molecule has 0 amide bonds. The molecule has 2 nitrogen and oxygen atoms in total. The maximum absolute atomic E-state index is 11.0. The molecule has 0 fully saturated rings. The summed E-state index contributed by atoms with van der Waals surface area (Å²) in [6, 6.07) is 17.9. The lowest BCUT2D eigenvalue weighted by Crippen LogP contribution is -2.10. The predicted octanol–water partition coefficient (Wildman–Crippen LogP) is 5.26. The van der Waals surface area contributed by atoms with Gasteiger partial charge in [-0.05, 0) is 36.1 Å². The Labute approximate surface area is 139 Å². The molecule has 0 saturated carbocycles. The normalized spacial score (nSPS) is 13.2. The Balaban J connectivity index is 2.37. The van der Waals surface area contributed by atoms with E-state index in [1.807, 2.05) is 42.5 Å². The first kappa shape index (κ1) is 17.3. The molecule has 2 rings (SSSR count). The molecule has 2 aromatic rings. The second kappa shape index (κ2) is 8.54. The van der Waals surface area contributed by atoms with E-state index in [0.29, 0.717) is 0 Å². The molecule has 122 valence electrons. The van der Waals surface area contributed by atoms with Gasteiger partial charge in [0.05, 0.1) is 13.2 Å². The lowest BCUT2D eigenvalue weighted by Gasteiger charge is -2.22. The van der Waals surface area contributed by atoms with Gasteiger partial charge in [0.2, 0.25) is 0 Å². The smallest absolute Gasteiger partial charge is 0.118 e. The third-order valence-corrected chi connectivity index (χ3v) is 4.31. The first-order valence-corrected chi connectivity index (χ1v) is 8.26. The van der Waals surface area contributed by atoms with E-state index in [0.717, 1.165) is 29.7 Å². The van der Waals surface area contributed by atoms with Crippen LogP contribution in [0.5, 0.6) is 5.75 Å². The van der Waals surface area contributed by atoms with Crippen LogP contribution in [0.15, 0.2) is 66.2 Å². The van der Waals surface area contributed by atoms with Crippen LogP contribution in [0, 0.1) is 0 Å². The summed E-state index contributed by atoms with van der Waals surface area (Å²) < 4.78 is 5.20. The molecule has 0 saturated heterocycles. The highest BCUT2D eigenvalue weighted by Gasteiger charge is 2.21. The van der Waals surface area contributed by atoms with Gasteiger partial charge in [-0.25, -0.2) is 0 Å². The topological polar surface area (TPSA) is 29.5 Å². The molecule has 1 N–H and O–H groups in total. The van der Waals surface area contributed by atoms with Crippen molar-refractivity contribution in [3.8, 4) is 5.75 Å². The second-order valence-electron chi connectivity index (χ2n) is 5.69. The number of benzene rings is 2. The minimum atomic E-state index is -0.573. The summed E-state index contributed by atoms with van der Waals surface area (Å²) in [5.74, 6) is 0.759. The zero-order valence-electron chi connectivity index (χ0n) is 14.2. The van der Waals surface area contributed by atoms with Crippen LogP contribution < -0.4 is 4.74 Å². The lowest BCUT2D eigenvalue weighted by atomic mass is 9.87. The summed E-state index contributed by atoms with van der Waals surface area (Å²) in [4.78, 5) is 0. The maximum Gasteiger partial charge on any atom is 0.118 e. The summed E-state index contributed by atoms with van der Waals surface area (Å²) in [6.45, 7) is 4.33. The predicted molar refractivity (Wildman–Crippen MR) is 95.8 cm³/mol. The van der Waals surface area contributed by atoms with Crippen LogP contribution in [0.1, 0.15) is 49.8 Å². The molecule has 0 radical (unpaired) electrons. The van der Waals surface area contributed by atoms with Gasteiger partial charge < -0.3 is 9.84 Å². The Morgan fingerprint density at radius 2 is 1.57 bits per heavy atom. The van der Waals surface area contributed by atoms with Crippen molar-refractivity contribution in [2.24, 2.45) is 0 Å². The van der Waals surface area contributed by atoms with E-state index >= 15 is 0 Å². The number of allylic oxidation sites excluding steroid dienone is 1. The highest BCUT2D eigenvalue weighted by Crippen LogP contribution is 2.34. The molecule has 0 aliphatic heterocycles. The number of methoxy groups -OCH3 is 1. The summed E-state index contributed by atoms with van der Waals surface area (Å²) in [7, 11) is 1.65. The Hall–Kier alpha value is -2.06. The van der Waals surface area contributed by atoms with Gasteiger partial charge >= 0.3 is 0 Å². The highest BCUT2D eigenvalue weighted by atomic mass is 16.5. The summed E-state index contributed by atoms with van der Waals surface area (Å²) >= 11 is 0. The van der Waals surface area contributed by atoms with Crippen molar-refractivity contribution in [3.05, 3.63) is 77.4 Å². The zero-order valence-corrected chi connectivity index (χ0v) is 14.2. The van der Waals surface area contributed by atoms with Crippen LogP contribution in [-0.2, 0) is 0 Å². The van der Waals surface area contributed by atoms with E-state index < -0.39 is 6.10 Å². The third-order valence-electron chi connectivity index (χ3n) is 4.31. The highest BCUT2D eigenvalue weighted by molar-refractivity contribution is 5.34. The van der Waals surface area contributed by atoms with Crippen LogP contribution in [0.4, 0.5) is 0 Å². The number of hydrogen-bond acceptors (Lipinski definition) is 2. The fraction of sp³-hybridized carbons (Fsp3) is 0.333. The molecule has 0 heterocycles. The molecule has 0 aliphatic rings. The van der Waals surface area contributed by atoms with Gasteiger partial charge in [0.1, 0.15) is 5.75 Å². The summed E-state index contributed by atoms with van der Waals surface area (Å²) in [5, 5.41) is 11.0. The van der Waals surface area contributed by atoms with Gasteiger partial charge in [0.25, 0.3) is 0 Å². The number of hydrogen-bond donors (Lipinski definition) is 1. The van der Waals surface area contributed by atoms with Gasteiger partial charge in [0.15, 0.2) is 0 Å². The van der Waals surface area contributed by atoms with Crippen molar-refractivity contribution in [2.45, 2.75) is 38.7 Å². The van der Waals surface area contributed by atoms with Crippen molar-refractivity contribution in [2.75, 3.05) is 7.11 Å². The van der Waals surface area contributed by atoms with Crippen LogP contribution in [0.25, 0.3) is 0 Å². The molecule has 23 heavy (non-hydrogen) atoms. The quantitative estimate of drug-likeness (QED) is 0.707. The summed E-state index contributed by atoms with van der Waals surface area (Å²) in [5.41, 5.74) is 3.41. The van der Waals surface area contributed by atoms with E-state index in [4.69, 9.17) is 4.74 Å². The minimum absolute atomic E-state index is 0.0421. The Morgan fingerprint density at radius 3 is 2.09 bits per heavy atom. The van der Waals surface area contributed by atoms with Gasteiger partial charge in [-0.2, -0.15) is 0 Å². The first-order chi connectivity index (χ1) is 11.2. The maximum atomic E-state index is 11.0. The average molecular weight is 310 g/mol. The molecule has 0 bridgehead atoms. The van der Waals surface area contributed by atoms with E-state index in [9.17, 15) is 5.11 Å². The molecule has 2 heteroatoms. The number of rotatable bonds is 7. The van der Waals surface area contributed by atoms with Crippen molar-refractivity contribution < 1.29 is 9.84 Å². The lowest BCUT2D eigenvalue weighted by molar-refractivity contribution is 0.161. The SMILES string of the molecule is CCC(=CC(c1ccccc1)C(O)c1ccc(OC)cc1)CC.